The summed E-state index contributed by atoms with van der Waals surface area (Å²) in [5, 5.41) is 36.0. The van der Waals surface area contributed by atoms with Gasteiger partial charge in [-0.1, -0.05) is 0 Å². The highest BCUT2D eigenvalue weighted by Crippen LogP contribution is 2.52. The molecule has 4 rings (SSSR count). The first-order valence-corrected chi connectivity index (χ1v) is 9.13. The van der Waals surface area contributed by atoms with E-state index in [0.717, 1.165) is 30.6 Å². The minimum Gasteiger partial charge on any atom is -0.396 e. The SMILES string of the molecule is OCC1CC2CC(CO)C1C2.OCC1CC2CC1CC2CO. The third-order valence-corrected chi connectivity index (χ3v) is 7.18. The van der Waals surface area contributed by atoms with Gasteiger partial charge in [-0.3, -0.25) is 0 Å². The molecule has 0 aliphatic heterocycles. The smallest absolute Gasteiger partial charge is 0.0462 e. The van der Waals surface area contributed by atoms with Crippen molar-refractivity contribution in [2.24, 2.45) is 47.3 Å². The van der Waals surface area contributed by atoms with Crippen LogP contribution < -0.4 is 0 Å². The Morgan fingerprint density at radius 2 is 0.955 bits per heavy atom. The third kappa shape index (κ3) is 3.08. The van der Waals surface area contributed by atoms with Gasteiger partial charge in [0.1, 0.15) is 0 Å². The van der Waals surface area contributed by atoms with Gasteiger partial charge in [0.2, 0.25) is 0 Å². The van der Waals surface area contributed by atoms with Gasteiger partial charge in [-0.15, -0.1) is 0 Å². The van der Waals surface area contributed by atoms with Crippen molar-refractivity contribution in [2.45, 2.75) is 38.5 Å². The molecule has 0 aromatic rings. The number of rotatable bonds is 4. The van der Waals surface area contributed by atoms with E-state index in [1.165, 1.54) is 25.7 Å². The number of aliphatic hydroxyl groups is 4. The van der Waals surface area contributed by atoms with Crippen LogP contribution in [0.15, 0.2) is 0 Å². The van der Waals surface area contributed by atoms with Crippen LogP contribution in [-0.2, 0) is 0 Å². The molecule has 4 saturated carbocycles. The fourth-order valence-electron chi connectivity index (χ4n) is 6.03. The molecule has 22 heavy (non-hydrogen) atoms. The Morgan fingerprint density at radius 1 is 0.500 bits per heavy atom. The number of aliphatic hydroxyl groups excluding tert-OH is 4. The normalized spacial score (nSPS) is 48.5. The standard InChI is InChI=1S/2C9H16O2/c10-4-8-2-6-1-7(8)3-9(6)5-11;10-4-7-1-6-2-8(5-11)9(7)3-6/h2*6-11H,1-5H2. The van der Waals surface area contributed by atoms with Gasteiger partial charge < -0.3 is 20.4 Å². The molecule has 6 atom stereocenters. The summed E-state index contributed by atoms with van der Waals surface area (Å²) in [6, 6.07) is 0. The first-order chi connectivity index (χ1) is 10.7. The molecule has 4 heteroatoms. The van der Waals surface area contributed by atoms with Crippen molar-refractivity contribution in [3.8, 4) is 0 Å². The second-order valence-electron chi connectivity index (χ2n) is 8.23. The molecule has 4 nitrogen and oxygen atoms in total. The van der Waals surface area contributed by atoms with E-state index < -0.39 is 0 Å². The Balaban J connectivity index is 0.000000131. The molecule has 0 heterocycles. The number of hydrogen-bond acceptors (Lipinski definition) is 4. The van der Waals surface area contributed by atoms with Crippen LogP contribution in [0.5, 0.6) is 0 Å². The Labute approximate surface area is 133 Å². The second kappa shape index (κ2) is 7.16. The van der Waals surface area contributed by atoms with Gasteiger partial charge in [-0.25, -0.2) is 0 Å². The van der Waals surface area contributed by atoms with Crippen LogP contribution in [-0.4, -0.2) is 46.9 Å². The van der Waals surface area contributed by atoms with Gasteiger partial charge in [0.15, 0.2) is 0 Å². The van der Waals surface area contributed by atoms with Gasteiger partial charge in [0.25, 0.3) is 0 Å². The molecule has 0 aromatic carbocycles. The summed E-state index contributed by atoms with van der Waals surface area (Å²) in [5.41, 5.74) is 0. The summed E-state index contributed by atoms with van der Waals surface area (Å²) in [6.07, 6.45) is 7.25. The highest BCUT2D eigenvalue weighted by Gasteiger charge is 2.45. The average molecular weight is 312 g/mol. The van der Waals surface area contributed by atoms with Crippen LogP contribution in [0.1, 0.15) is 38.5 Å². The molecule has 4 N–H and O–H groups in total. The van der Waals surface area contributed by atoms with Gasteiger partial charge in [-0.2, -0.15) is 0 Å². The minimum absolute atomic E-state index is 0.331. The van der Waals surface area contributed by atoms with E-state index in [1.54, 1.807) is 0 Å². The van der Waals surface area contributed by atoms with Crippen LogP contribution in [0.4, 0.5) is 0 Å². The van der Waals surface area contributed by atoms with Crippen molar-refractivity contribution in [2.75, 3.05) is 26.4 Å². The Kier molecular flexibility index (Phi) is 5.43. The Hall–Kier alpha value is -0.160. The van der Waals surface area contributed by atoms with Crippen LogP contribution in [0.3, 0.4) is 0 Å². The molecular weight excluding hydrogens is 280 g/mol. The Morgan fingerprint density at radius 3 is 1.27 bits per heavy atom. The summed E-state index contributed by atoms with van der Waals surface area (Å²) >= 11 is 0. The maximum absolute atomic E-state index is 9.02. The van der Waals surface area contributed by atoms with E-state index in [0.29, 0.717) is 56.0 Å². The van der Waals surface area contributed by atoms with Crippen LogP contribution in [0, 0.1) is 47.3 Å². The van der Waals surface area contributed by atoms with Crippen molar-refractivity contribution in [3.05, 3.63) is 0 Å². The van der Waals surface area contributed by atoms with Crippen LogP contribution in [0.2, 0.25) is 0 Å². The van der Waals surface area contributed by atoms with Crippen molar-refractivity contribution in [1.82, 2.24) is 0 Å². The van der Waals surface area contributed by atoms with Crippen molar-refractivity contribution in [1.29, 1.82) is 0 Å². The summed E-state index contributed by atoms with van der Waals surface area (Å²) in [7, 11) is 0. The largest absolute Gasteiger partial charge is 0.396 e. The van der Waals surface area contributed by atoms with E-state index in [2.05, 4.69) is 0 Å². The zero-order chi connectivity index (χ0) is 15.7. The lowest BCUT2D eigenvalue weighted by atomic mass is 9.81. The Bertz CT molecular complexity index is 331. The maximum Gasteiger partial charge on any atom is 0.0462 e. The molecule has 6 unspecified atom stereocenters. The summed E-state index contributed by atoms with van der Waals surface area (Å²) in [6.45, 7) is 1.38. The van der Waals surface area contributed by atoms with Gasteiger partial charge in [0.05, 0.1) is 0 Å². The van der Waals surface area contributed by atoms with Gasteiger partial charge in [-0.05, 0) is 85.9 Å². The molecule has 4 fully saturated rings. The lowest BCUT2D eigenvalue weighted by molar-refractivity contribution is 0.103. The molecule has 0 spiro atoms. The average Bonchev–Trinajstić information content (AvgIpc) is 3.32. The van der Waals surface area contributed by atoms with Crippen molar-refractivity contribution >= 4 is 0 Å². The highest BCUT2D eigenvalue weighted by molar-refractivity contribution is 4.95. The van der Waals surface area contributed by atoms with Crippen molar-refractivity contribution < 1.29 is 20.4 Å². The fourth-order valence-corrected chi connectivity index (χ4v) is 6.03. The van der Waals surface area contributed by atoms with E-state index in [-0.39, 0.29) is 0 Å². The van der Waals surface area contributed by atoms with Gasteiger partial charge in [0, 0.05) is 26.4 Å². The van der Waals surface area contributed by atoms with Crippen LogP contribution in [0.25, 0.3) is 0 Å². The molecule has 0 radical (unpaired) electrons. The zero-order valence-electron chi connectivity index (χ0n) is 13.5. The molecule has 4 bridgehead atoms. The predicted octanol–water partition coefficient (Wildman–Crippen LogP) is 1.27. The van der Waals surface area contributed by atoms with E-state index in [1.807, 2.05) is 0 Å². The predicted molar refractivity (Wildman–Crippen MR) is 84.0 cm³/mol. The molecule has 128 valence electrons. The lowest BCUT2D eigenvalue weighted by Gasteiger charge is -2.26. The lowest BCUT2D eigenvalue weighted by Crippen LogP contribution is -2.24. The first kappa shape index (κ1) is 16.7. The summed E-state index contributed by atoms with van der Waals surface area (Å²) in [4.78, 5) is 0. The molecule has 0 saturated heterocycles. The fraction of sp³-hybridized carbons (Fsp3) is 1.00. The molecule has 0 aromatic heterocycles. The molecule has 4 aliphatic rings. The number of fused-ring (bicyclic) bond motifs is 4. The molecule has 0 amide bonds. The topological polar surface area (TPSA) is 80.9 Å². The minimum atomic E-state index is 0.331. The van der Waals surface area contributed by atoms with E-state index >= 15 is 0 Å². The first-order valence-electron chi connectivity index (χ1n) is 9.13. The monoisotopic (exact) mass is 312 g/mol. The van der Waals surface area contributed by atoms with Crippen LogP contribution >= 0.6 is 0 Å². The van der Waals surface area contributed by atoms with E-state index in [4.69, 9.17) is 20.4 Å². The molecule has 4 aliphatic carbocycles. The molecular formula is C18H32O4. The van der Waals surface area contributed by atoms with Gasteiger partial charge >= 0.3 is 0 Å². The zero-order valence-corrected chi connectivity index (χ0v) is 13.5. The highest BCUT2D eigenvalue weighted by atomic mass is 16.3. The maximum atomic E-state index is 9.02. The quantitative estimate of drug-likeness (QED) is 0.630. The number of hydrogen-bond donors (Lipinski definition) is 4. The second-order valence-corrected chi connectivity index (χ2v) is 8.23. The summed E-state index contributed by atoms with van der Waals surface area (Å²) < 4.78 is 0. The summed E-state index contributed by atoms with van der Waals surface area (Å²) in [5.74, 6) is 5.02. The van der Waals surface area contributed by atoms with E-state index in [9.17, 15) is 0 Å². The third-order valence-electron chi connectivity index (χ3n) is 7.18. The van der Waals surface area contributed by atoms with Crippen molar-refractivity contribution in [3.63, 3.8) is 0 Å².